The summed E-state index contributed by atoms with van der Waals surface area (Å²) in [6, 6.07) is 15.7. The number of ether oxygens (including phenoxy) is 3. The van der Waals surface area contributed by atoms with Gasteiger partial charge in [0.15, 0.2) is 13.2 Å². The van der Waals surface area contributed by atoms with E-state index < -0.39 is 18.5 Å². The SMILES string of the molecule is COc1ccc(CNC(=O)COC(=O)COc2ccccc2C#N)cc1. The third kappa shape index (κ3) is 5.83. The van der Waals surface area contributed by atoms with Gasteiger partial charge in [-0.25, -0.2) is 4.79 Å². The van der Waals surface area contributed by atoms with E-state index in [1.807, 2.05) is 18.2 Å². The zero-order valence-electron chi connectivity index (χ0n) is 14.2. The Balaban J connectivity index is 1.69. The minimum atomic E-state index is -0.697. The lowest BCUT2D eigenvalue weighted by atomic mass is 10.2. The lowest BCUT2D eigenvalue weighted by molar-refractivity contribution is -0.150. The Labute approximate surface area is 151 Å². The van der Waals surface area contributed by atoms with Crippen molar-refractivity contribution in [2.75, 3.05) is 20.3 Å². The van der Waals surface area contributed by atoms with Gasteiger partial charge < -0.3 is 19.5 Å². The predicted molar refractivity (Wildman–Crippen MR) is 92.5 cm³/mol. The number of nitriles is 1. The van der Waals surface area contributed by atoms with Crippen molar-refractivity contribution in [2.24, 2.45) is 0 Å². The number of hydrogen-bond donors (Lipinski definition) is 1. The molecule has 0 saturated carbocycles. The molecule has 0 aromatic heterocycles. The highest BCUT2D eigenvalue weighted by Gasteiger charge is 2.10. The Morgan fingerprint density at radius 2 is 1.81 bits per heavy atom. The zero-order valence-corrected chi connectivity index (χ0v) is 14.2. The molecule has 1 amide bonds. The second-order valence-corrected chi connectivity index (χ2v) is 5.18. The van der Waals surface area contributed by atoms with Gasteiger partial charge in [-0.1, -0.05) is 24.3 Å². The Morgan fingerprint density at radius 3 is 2.50 bits per heavy atom. The summed E-state index contributed by atoms with van der Waals surface area (Å²) in [5.41, 5.74) is 1.21. The van der Waals surface area contributed by atoms with Crippen molar-refractivity contribution < 1.29 is 23.8 Å². The van der Waals surface area contributed by atoms with E-state index in [1.165, 1.54) is 0 Å². The molecule has 7 nitrogen and oxygen atoms in total. The van der Waals surface area contributed by atoms with Crippen LogP contribution in [0.1, 0.15) is 11.1 Å². The summed E-state index contributed by atoms with van der Waals surface area (Å²) in [7, 11) is 1.58. The number of esters is 1. The van der Waals surface area contributed by atoms with Gasteiger partial charge in [-0.3, -0.25) is 4.79 Å². The molecule has 0 aliphatic carbocycles. The Morgan fingerprint density at radius 1 is 1.08 bits per heavy atom. The van der Waals surface area contributed by atoms with Crippen molar-refractivity contribution >= 4 is 11.9 Å². The molecule has 2 aromatic rings. The van der Waals surface area contributed by atoms with E-state index in [9.17, 15) is 9.59 Å². The van der Waals surface area contributed by atoms with Crippen molar-refractivity contribution in [3.8, 4) is 17.6 Å². The number of carbonyl (C=O) groups excluding carboxylic acids is 2. The second-order valence-electron chi connectivity index (χ2n) is 5.18. The number of carbonyl (C=O) groups is 2. The van der Waals surface area contributed by atoms with Crippen LogP contribution in [0.4, 0.5) is 0 Å². The fourth-order valence-electron chi connectivity index (χ4n) is 2.00. The van der Waals surface area contributed by atoms with E-state index in [4.69, 9.17) is 19.5 Å². The van der Waals surface area contributed by atoms with Crippen LogP contribution in [0.3, 0.4) is 0 Å². The number of benzene rings is 2. The fraction of sp³-hybridized carbons (Fsp3) is 0.211. The third-order valence-electron chi connectivity index (χ3n) is 3.37. The van der Waals surface area contributed by atoms with Gasteiger partial charge >= 0.3 is 5.97 Å². The van der Waals surface area contributed by atoms with E-state index in [1.54, 1.807) is 43.5 Å². The standard InChI is InChI=1S/C19H18N2O5/c1-24-16-8-6-14(7-9-16)11-21-18(22)12-26-19(23)13-25-17-5-3-2-4-15(17)10-20/h2-9H,11-13H2,1H3,(H,21,22). The van der Waals surface area contributed by atoms with Crippen LogP contribution < -0.4 is 14.8 Å². The molecule has 0 spiro atoms. The van der Waals surface area contributed by atoms with Crippen LogP contribution in [-0.2, 0) is 20.9 Å². The van der Waals surface area contributed by atoms with Crippen LogP contribution in [0.15, 0.2) is 48.5 Å². The molecular formula is C19H18N2O5. The molecular weight excluding hydrogens is 336 g/mol. The molecule has 0 saturated heterocycles. The van der Waals surface area contributed by atoms with Gasteiger partial charge in [0, 0.05) is 6.54 Å². The monoisotopic (exact) mass is 354 g/mol. The van der Waals surface area contributed by atoms with Crippen molar-refractivity contribution in [1.29, 1.82) is 5.26 Å². The largest absolute Gasteiger partial charge is 0.497 e. The molecule has 0 aliphatic heterocycles. The summed E-state index contributed by atoms with van der Waals surface area (Å²) in [4.78, 5) is 23.4. The first kappa shape index (κ1) is 18.8. The van der Waals surface area contributed by atoms with Gasteiger partial charge in [0.05, 0.1) is 12.7 Å². The van der Waals surface area contributed by atoms with Crippen molar-refractivity contribution in [1.82, 2.24) is 5.32 Å². The highest BCUT2D eigenvalue weighted by atomic mass is 16.6. The number of rotatable bonds is 8. The maximum absolute atomic E-state index is 11.7. The van der Waals surface area contributed by atoms with Crippen LogP contribution in [0.5, 0.6) is 11.5 Å². The van der Waals surface area contributed by atoms with Crippen LogP contribution >= 0.6 is 0 Å². The average Bonchev–Trinajstić information content (AvgIpc) is 2.69. The van der Waals surface area contributed by atoms with E-state index in [-0.39, 0.29) is 12.4 Å². The predicted octanol–water partition coefficient (Wildman–Crippen LogP) is 1.81. The molecule has 0 heterocycles. The van der Waals surface area contributed by atoms with Gasteiger partial charge in [0.25, 0.3) is 5.91 Å². The molecule has 0 radical (unpaired) electrons. The molecule has 2 aromatic carbocycles. The summed E-state index contributed by atoms with van der Waals surface area (Å²) in [6.45, 7) is -0.477. The van der Waals surface area contributed by atoms with Crippen LogP contribution in [-0.4, -0.2) is 32.2 Å². The van der Waals surface area contributed by atoms with Gasteiger partial charge in [0.1, 0.15) is 17.6 Å². The van der Waals surface area contributed by atoms with Crippen molar-refractivity contribution in [3.05, 3.63) is 59.7 Å². The van der Waals surface area contributed by atoms with Crippen LogP contribution in [0.25, 0.3) is 0 Å². The van der Waals surface area contributed by atoms with E-state index in [2.05, 4.69) is 5.32 Å². The summed E-state index contributed by atoms with van der Waals surface area (Å²) in [5, 5.41) is 11.6. The van der Waals surface area contributed by atoms with E-state index in [0.717, 1.165) is 11.3 Å². The molecule has 0 aliphatic rings. The quantitative estimate of drug-likeness (QED) is 0.726. The smallest absolute Gasteiger partial charge is 0.344 e. The van der Waals surface area contributed by atoms with Crippen molar-refractivity contribution in [3.63, 3.8) is 0 Å². The molecule has 0 fully saturated rings. The number of nitrogens with zero attached hydrogens (tertiary/aromatic N) is 1. The maximum Gasteiger partial charge on any atom is 0.344 e. The van der Waals surface area contributed by atoms with Crippen LogP contribution in [0.2, 0.25) is 0 Å². The number of para-hydroxylation sites is 1. The Kier molecular flexibility index (Phi) is 7.01. The second kappa shape index (κ2) is 9.69. The maximum atomic E-state index is 11.7. The first-order valence-electron chi connectivity index (χ1n) is 7.79. The minimum absolute atomic E-state index is 0.288. The topological polar surface area (TPSA) is 97.7 Å². The Bertz CT molecular complexity index is 796. The minimum Gasteiger partial charge on any atom is -0.497 e. The molecule has 7 heteroatoms. The Hall–Kier alpha value is -3.53. The highest BCUT2D eigenvalue weighted by Crippen LogP contribution is 2.16. The van der Waals surface area contributed by atoms with E-state index >= 15 is 0 Å². The highest BCUT2D eigenvalue weighted by molar-refractivity contribution is 5.80. The number of methoxy groups -OCH3 is 1. The lowest BCUT2D eigenvalue weighted by Crippen LogP contribution is -2.29. The summed E-state index contributed by atoms with van der Waals surface area (Å²) in [6.07, 6.45) is 0. The van der Waals surface area contributed by atoms with Gasteiger partial charge in [0.2, 0.25) is 0 Å². The number of hydrogen-bond acceptors (Lipinski definition) is 6. The van der Waals surface area contributed by atoms with Crippen molar-refractivity contribution in [2.45, 2.75) is 6.54 Å². The molecule has 0 bridgehead atoms. The zero-order chi connectivity index (χ0) is 18.8. The van der Waals surface area contributed by atoms with Gasteiger partial charge in [-0.05, 0) is 29.8 Å². The normalized spacial score (nSPS) is 9.69. The molecule has 0 unspecified atom stereocenters. The average molecular weight is 354 g/mol. The summed E-state index contributed by atoms with van der Waals surface area (Å²) >= 11 is 0. The third-order valence-corrected chi connectivity index (χ3v) is 3.37. The van der Waals surface area contributed by atoms with E-state index in [0.29, 0.717) is 12.1 Å². The molecule has 134 valence electrons. The molecule has 0 atom stereocenters. The fourth-order valence-corrected chi connectivity index (χ4v) is 2.00. The number of nitrogens with one attached hydrogen (secondary N) is 1. The molecule has 2 rings (SSSR count). The summed E-state index contributed by atoms with van der Waals surface area (Å²) in [5.74, 6) is -0.105. The molecule has 1 N–H and O–H groups in total. The van der Waals surface area contributed by atoms with Gasteiger partial charge in [-0.2, -0.15) is 5.26 Å². The lowest BCUT2D eigenvalue weighted by Gasteiger charge is -2.09. The first-order valence-corrected chi connectivity index (χ1v) is 7.79. The van der Waals surface area contributed by atoms with Crippen LogP contribution in [0, 0.1) is 11.3 Å². The summed E-state index contributed by atoms with van der Waals surface area (Å²) < 4.78 is 15.1. The van der Waals surface area contributed by atoms with Gasteiger partial charge in [-0.15, -0.1) is 0 Å². The molecule has 26 heavy (non-hydrogen) atoms. The number of amides is 1. The first-order chi connectivity index (χ1) is 12.6.